The maximum Gasteiger partial charge on any atom is 0.290 e. The van der Waals surface area contributed by atoms with E-state index >= 15 is 0 Å². The number of nitrogens with zero attached hydrogens (tertiary/aromatic N) is 2. The molecule has 1 amide bonds. The highest BCUT2D eigenvalue weighted by Crippen LogP contribution is 2.31. The van der Waals surface area contributed by atoms with Crippen LogP contribution in [0.5, 0.6) is 5.75 Å². The van der Waals surface area contributed by atoms with Crippen molar-refractivity contribution in [2.24, 2.45) is 0 Å². The molecule has 168 valence electrons. The number of amides is 1. The van der Waals surface area contributed by atoms with Gasteiger partial charge in [-0.1, -0.05) is 30.5 Å². The van der Waals surface area contributed by atoms with Gasteiger partial charge in [0, 0.05) is 37.2 Å². The van der Waals surface area contributed by atoms with Crippen LogP contribution in [0.15, 0.2) is 39.8 Å². The third-order valence-corrected chi connectivity index (χ3v) is 8.04. The number of nitrogens with one attached hydrogen (secondary N) is 1. The summed E-state index contributed by atoms with van der Waals surface area (Å²) >= 11 is 0. The third-order valence-electron chi connectivity index (χ3n) is 6.17. The molecular weight excluding hydrogens is 418 g/mol. The molecule has 0 bridgehead atoms. The van der Waals surface area contributed by atoms with Crippen LogP contribution in [0.1, 0.15) is 67.1 Å². The normalized spacial score (nSPS) is 21.0. The lowest BCUT2D eigenvalue weighted by Gasteiger charge is -2.31. The maximum atomic E-state index is 13.1. The molecule has 1 aromatic heterocycles. The Bertz CT molecular complexity index is 1010. The van der Waals surface area contributed by atoms with Crippen LogP contribution in [0.4, 0.5) is 0 Å². The molecule has 8 nitrogen and oxygen atoms in total. The molecule has 1 atom stereocenters. The van der Waals surface area contributed by atoms with E-state index in [0.717, 1.165) is 32.1 Å². The van der Waals surface area contributed by atoms with Crippen LogP contribution in [0, 0.1) is 0 Å². The number of methoxy groups -OCH3 is 1. The quantitative estimate of drug-likeness (QED) is 0.729. The lowest BCUT2D eigenvalue weighted by atomic mass is 9.95. The third kappa shape index (κ3) is 4.93. The highest BCUT2D eigenvalue weighted by molar-refractivity contribution is 7.89. The molecule has 2 fully saturated rings. The minimum absolute atomic E-state index is 0.117. The predicted molar refractivity (Wildman–Crippen MR) is 115 cm³/mol. The van der Waals surface area contributed by atoms with E-state index in [1.54, 1.807) is 24.3 Å². The van der Waals surface area contributed by atoms with Gasteiger partial charge in [0.05, 0.1) is 17.7 Å². The first-order valence-electron chi connectivity index (χ1n) is 10.9. The molecule has 1 N–H and O–H groups in total. The number of rotatable bonds is 6. The minimum atomic E-state index is -3.65. The number of carbonyl (C=O) groups excluding carboxylic acids is 1. The van der Waals surface area contributed by atoms with E-state index in [2.05, 4.69) is 10.5 Å². The molecule has 1 aliphatic heterocycles. The van der Waals surface area contributed by atoms with E-state index in [-0.39, 0.29) is 28.5 Å². The van der Waals surface area contributed by atoms with Crippen molar-refractivity contribution in [3.8, 4) is 5.75 Å². The first kappa shape index (κ1) is 21.8. The summed E-state index contributed by atoms with van der Waals surface area (Å²) in [6, 6.07) is 8.33. The molecule has 1 saturated heterocycles. The van der Waals surface area contributed by atoms with Crippen LogP contribution in [-0.2, 0) is 10.0 Å². The summed E-state index contributed by atoms with van der Waals surface area (Å²) in [4.78, 5) is 12.7. The van der Waals surface area contributed by atoms with E-state index in [9.17, 15) is 13.2 Å². The molecule has 0 unspecified atom stereocenters. The molecule has 9 heteroatoms. The summed E-state index contributed by atoms with van der Waals surface area (Å²) in [5.74, 6) is 0.324. The molecule has 1 saturated carbocycles. The van der Waals surface area contributed by atoms with Crippen molar-refractivity contribution in [2.45, 2.75) is 61.8 Å². The summed E-state index contributed by atoms with van der Waals surface area (Å²) in [7, 11) is -2.14. The largest absolute Gasteiger partial charge is 0.497 e. The van der Waals surface area contributed by atoms with Gasteiger partial charge < -0.3 is 14.6 Å². The monoisotopic (exact) mass is 447 g/mol. The Morgan fingerprint density at radius 2 is 1.97 bits per heavy atom. The summed E-state index contributed by atoms with van der Waals surface area (Å²) in [5.41, 5.74) is 0.624. The second-order valence-electron chi connectivity index (χ2n) is 8.31. The Morgan fingerprint density at radius 3 is 2.74 bits per heavy atom. The van der Waals surface area contributed by atoms with E-state index in [4.69, 9.17) is 9.26 Å². The first-order valence-corrected chi connectivity index (χ1v) is 12.3. The molecule has 1 aromatic carbocycles. The van der Waals surface area contributed by atoms with Gasteiger partial charge in [0.25, 0.3) is 5.91 Å². The van der Waals surface area contributed by atoms with Gasteiger partial charge in [0.15, 0.2) is 0 Å². The van der Waals surface area contributed by atoms with Crippen molar-refractivity contribution in [1.29, 1.82) is 0 Å². The average Bonchev–Trinajstić information content (AvgIpc) is 3.30. The van der Waals surface area contributed by atoms with Gasteiger partial charge in [0.1, 0.15) is 5.75 Å². The number of benzene rings is 1. The maximum absolute atomic E-state index is 13.1. The highest BCUT2D eigenvalue weighted by atomic mass is 32.2. The molecule has 2 aromatic rings. The van der Waals surface area contributed by atoms with Gasteiger partial charge in [0.2, 0.25) is 15.8 Å². The minimum Gasteiger partial charge on any atom is -0.497 e. The summed E-state index contributed by atoms with van der Waals surface area (Å²) in [6.45, 7) is 0.749. The molecule has 2 heterocycles. The zero-order chi connectivity index (χ0) is 21.8. The fraction of sp³-hybridized carbons (Fsp3) is 0.545. The summed E-state index contributed by atoms with van der Waals surface area (Å²) < 4.78 is 38.2. The zero-order valence-corrected chi connectivity index (χ0v) is 18.6. The predicted octanol–water partition coefficient (Wildman–Crippen LogP) is 3.31. The van der Waals surface area contributed by atoms with Gasteiger partial charge in [-0.3, -0.25) is 4.79 Å². The van der Waals surface area contributed by atoms with E-state index in [1.165, 1.54) is 23.9 Å². The fourth-order valence-corrected chi connectivity index (χ4v) is 5.96. The second-order valence-corrected chi connectivity index (χ2v) is 10.2. The standard InChI is InChI=1S/C22H29N3O5S/c1-29-18-10-5-11-19(13-18)31(27,28)25-12-6-7-16(15-25)20-14-21(30-24-20)22(26)23-17-8-3-2-4-9-17/h5,10-11,13-14,16-17H,2-4,6-9,12,15H2,1H3,(H,23,26)/t16-/m0/s1. The van der Waals surface area contributed by atoms with Crippen molar-refractivity contribution in [2.75, 3.05) is 20.2 Å². The number of sulfonamides is 1. The molecule has 31 heavy (non-hydrogen) atoms. The van der Waals surface area contributed by atoms with Crippen LogP contribution >= 0.6 is 0 Å². The number of hydrogen-bond donors (Lipinski definition) is 1. The molecular formula is C22H29N3O5S. The van der Waals surface area contributed by atoms with Crippen molar-refractivity contribution >= 4 is 15.9 Å². The number of ether oxygens (including phenoxy) is 1. The molecule has 1 aliphatic carbocycles. The van der Waals surface area contributed by atoms with Gasteiger partial charge in [-0.05, 0) is 37.8 Å². The Balaban J connectivity index is 1.44. The molecule has 2 aliphatic rings. The van der Waals surface area contributed by atoms with E-state index < -0.39 is 10.0 Å². The average molecular weight is 448 g/mol. The van der Waals surface area contributed by atoms with Gasteiger partial charge >= 0.3 is 0 Å². The van der Waals surface area contributed by atoms with Crippen LogP contribution in [0.3, 0.4) is 0 Å². The topological polar surface area (TPSA) is 102 Å². The highest BCUT2D eigenvalue weighted by Gasteiger charge is 2.33. The van der Waals surface area contributed by atoms with Crippen molar-refractivity contribution in [3.63, 3.8) is 0 Å². The molecule has 0 radical (unpaired) electrons. The van der Waals surface area contributed by atoms with E-state index in [1.807, 2.05) is 0 Å². The smallest absolute Gasteiger partial charge is 0.290 e. The number of hydrogen-bond acceptors (Lipinski definition) is 6. The van der Waals surface area contributed by atoms with Crippen LogP contribution < -0.4 is 10.1 Å². The fourth-order valence-electron chi connectivity index (χ4n) is 4.40. The van der Waals surface area contributed by atoms with E-state index in [0.29, 0.717) is 31.0 Å². The molecule has 0 spiro atoms. The van der Waals surface area contributed by atoms with Crippen molar-refractivity contribution < 1.29 is 22.5 Å². The van der Waals surface area contributed by atoms with Crippen molar-refractivity contribution in [1.82, 2.24) is 14.8 Å². The number of piperidine rings is 1. The lowest BCUT2D eigenvalue weighted by Crippen LogP contribution is -2.39. The van der Waals surface area contributed by atoms with Crippen molar-refractivity contribution in [3.05, 3.63) is 41.8 Å². The summed E-state index contributed by atoms with van der Waals surface area (Å²) in [5, 5.41) is 7.12. The Kier molecular flexibility index (Phi) is 6.62. The summed E-state index contributed by atoms with van der Waals surface area (Å²) in [6.07, 6.45) is 6.97. The number of carbonyl (C=O) groups is 1. The van der Waals surface area contributed by atoms with Crippen LogP contribution in [0.25, 0.3) is 0 Å². The van der Waals surface area contributed by atoms with Crippen LogP contribution in [0.2, 0.25) is 0 Å². The Morgan fingerprint density at radius 1 is 1.16 bits per heavy atom. The lowest BCUT2D eigenvalue weighted by molar-refractivity contribution is 0.0890. The zero-order valence-electron chi connectivity index (χ0n) is 17.7. The van der Waals surface area contributed by atoms with Crippen LogP contribution in [-0.4, -0.2) is 50.0 Å². The molecule has 4 rings (SSSR count). The first-order chi connectivity index (χ1) is 15.0. The number of aromatic nitrogens is 1. The second kappa shape index (κ2) is 9.40. The van der Waals surface area contributed by atoms with Gasteiger partial charge in [-0.15, -0.1) is 0 Å². The van der Waals surface area contributed by atoms with Gasteiger partial charge in [-0.25, -0.2) is 8.42 Å². The Labute approximate surface area is 183 Å². The SMILES string of the molecule is COc1cccc(S(=O)(=O)N2CCC[C@H](c3cc(C(=O)NC4CCCCC4)on3)C2)c1. The Hall–Kier alpha value is -2.39. The van der Waals surface area contributed by atoms with Gasteiger partial charge in [-0.2, -0.15) is 4.31 Å².